The van der Waals surface area contributed by atoms with E-state index < -0.39 is 39.9 Å². The second kappa shape index (κ2) is 13.4. The van der Waals surface area contributed by atoms with Crippen molar-refractivity contribution >= 4 is 33.6 Å². The molecule has 2 aromatic rings. The van der Waals surface area contributed by atoms with Gasteiger partial charge in [-0.3, -0.25) is 9.59 Å². The highest BCUT2D eigenvalue weighted by Crippen LogP contribution is 2.26. The van der Waals surface area contributed by atoms with Gasteiger partial charge >= 0.3 is 5.97 Å². The van der Waals surface area contributed by atoms with Gasteiger partial charge in [0.15, 0.2) is 0 Å². The Bertz CT molecular complexity index is 1380. The lowest BCUT2D eigenvalue weighted by Gasteiger charge is -2.38. The number of carbonyl (C=O) groups is 3. The number of unbranched alkanes of at least 4 members (excludes halogenated alkanes) is 1. The normalized spacial score (nSPS) is 16.9. The largest absolute Gasteiger partial charge is 0.480 e. The molecule has 2 amide bonds. The highest BCUT2D eigenvalue weighted by molar-refractivity contribution is 7.89. The van der Waals surface area contributed by atoms with Crippen LogP contribution in [0.3, 0.4) is 0 Å². The molecule has 0 radical (unpaired) electrons. The third kappa shape index (κ3) is 7.62. The second-order valence-electron chi connectivity index (χ2n) is 10.8. The number of carboxylic acid groups (broad SMARTS) is 1. The van der Waals surface area contributed by atoms with Crippen molar-refractivity contribution in [3.05, 3.63) is 53.2 Å². The molecule has 0 aliphatic carbocycles. The van der Waals surface area contributed by atoms with Crippen molar-refractivity contribution < 1.29 is 27.9 Å². The monoisotopic (exact) mass is 585 g/mol. The molecule has 1 aromatic heterocycles. The zero-order valence-electron chi connectivity index (χ0n) is 23.6. The van der Waals surface area contributed by atoms with Gasteiger partial charge in [-0.1, -0.05) is 25.1 Å². The summed E-state index contributed by atoms with van der Waals surface area (Å²) in [4.78, 5) is 42.3. The van der Waals surface area contributed by atoms with Crippen LogP contribution in [-0.2, 0) is 37.2 Å². The number of carbonyl (C=O) groups excluding carboxylic acids is 2. The Kier molecular flexibility index (Phi) is 9.98. The Labute approximate surface area is 241 Å². The lowest BCUT2D eigenvalue weighted by molar-refractivity contribution is -0.144. The minimum Gasteiger partial charge on any atom is -0.480 e. The van der Waals surface area contributed by atoms with E-state index in [0.29, 0.717) is 12.8 Å². The lowest BCUT2D eigenvalue weighted by Crippen LogP contribution is -2.61. The van der Waals surface area contributed by atoms with E-state index in [-0.39, 0.29) is 30.3 Å². The number of amides is 2. The van der Waals surface area contributed by atoms with Gasteiger partial charge in [-0.15, -0.1) is 0 Å². The number of fused-ring (bicyclic) bond motifs is 1. The summed E-state index contributed by atoms with van der Waals surface area (Å²) in [6, 6.07) is 8.53. The van der Waals surface area contributed by atoms with Crippen molar-refractivity contribution in [1.29, 1.82) is 0 Å². The second-order valence-corrected chi connectivity index (χ2v) is 12.7. The van der Waals surface area contributed by atoms with E-state index in [1.807, 2.05) is 6.07 Å². The summed E-state index contributed by atoms with van der Waals surface area (Å²) >= 11 is 0. The van der Waals surface area contributed by atoms with E-state index in [0.717, 1.165) is 49.3 Å². The number of nitrogens with zero attached hydrogens (tertiary/aromatic N) is 2. The van der Waals surface area contributed by atoms with Gasteiger partial charge in [-0.2, -0.15) is 4.31 Å². The van der Waals surface area contributed by atoms with E-state index in [9.17, 15) is 27.9 Å². The molecule has 1 unspecified atom stereocenters. The maximum atomic E-state index is 12.8. The van der Waals surface area contributed by atoms with Crippen molar-refractivity contribution in [1.82, 2.24) is 19.9 Å². The highest BCUT2D eigenvalue weighted by atomic mass is 32.2. The maximum Gasteiger partial charge on any atom is 0.328 e. The summed E-state index contributed by atoms with van der Waals surface area (Å²) in [5.41, 5.74) is 3.01. The number of hydrogen-bond donors (Lipinski definition) is 4. The quantitative estimate of drug-likeness (QED) is 0.261. The molecular weight excluding hydrogens is 546 g/mol. The summed E-state index contributed by atoms with van der Waals surface area (Å²) < 4.78 is 26.9. The summed E-state index contributed by atoms with van der Waals surface area (Å²) in [6.07, 6.45) is 4.78. The Morgan fingerprint density at radius 3 is 2.63 bits per heavy atom. The van der Waals surface area contributed by atoms with Crippen LogP contribution in [0, 0.1) is 12.8 Å². The van der Waals surface area contributed by atoms with Gasteiger partial charge in [0.1, 0.15) is 11.9 Å². The van der Waals surface area contributed by atoms with Crippen molar-refractivity contribution in [2.75, 3.05) is 25.0 Å². The molecule has 2 atom stereocenters. The molecule has 41 heavy (non-hydrogen) atoms. The van der Waals surface area contributed by atoms with E-state index in [1.165, 1.54) is 15.9 Å². The number of aromatic nitrogens is 1. The van der Waals surface area contributed by atoms with Crippen LogP contribution >= 0.6 is 0 Å². The Hall–Kier alpha value is -3.51. The number of anilines is 1. The van der Waals surface area contributed by atoms with Gasteiger partial charge in [0.05, 0.1) is 16.9 Å². The summed E-state index contributed by atoms with van der Waals surface area (Å²) in [5, 5.41) is 18.4. The van der Waals surface area contributed by atoms with E-state index in [4.69, 9.17) is 0 Å². The van der Waals surface area contributed by atoms with E-state index in [1.54, 1.807) is 32.0 Å². The molecule has 222 valence electrons. The summed E-state index contributed by atoms with van der Waals surface area (Å²) in [5.74, 6) is -1.82. The number of pyridine rings is 1. The molecule has 2 aliphatic rings. The van der Waals surface area contributed by atoms with Gasteiger partial charge in [-0.05, 0) is 74.8 Å². The Balaban J connectivity index is 1.23. The number of aryl methyl sites for hydroxylation is 3. The fourth-order valence-corrected chi connectivity index (χ4v) is 6.77. The third-order valence-corrected chi connectivity index (χ3v) is 9.46. The molecular formula is C29H39N5O6S. The molecule has 0 saturated carbocycles. The number of rotatable bonds is 13. The average molecular weight is 586 g/mol. The van der Waals surface area contributed by atoms with Crippen LogP contribution < -0.4 is 16.0 Å². The minimum atomic E-state index is -3.73. The maximum absolute atomic E-state index is 12.8. The van der Waals surface area contributed by atoms with Crippen LogP contribution in [0.5, 0.6) is 0 Å². The van der Waals surface area contributed by atoms with Crippen LogP contribution in [0.25, 0.3) is 0 Å². The van der Waals surface area contributed by atoms with E-state index in [2.05, 4.69) is 27.0 Å². The van der Waals surface area contributed by atoms with Crippen molar-refractivity contribution in [2.24, 2.45) is 5.92 Å². The average Bonchev–Trinajstić information content (AvgIpc) is 2.91. The summed E-state index contributed by atoms with van der Waals surface area (Å²) in [6.45, 7) is 4.39. The van der Waals surface area contributed by atoms with Crippen LogP contribution in [-0.4, -0.2) is 72.3 Å². The molecule has 1 saturated heterocycles. The van der Waals surface area contributed by atoms with Gasteiger partial charge in [0.25, 0.3) is 0 Å². The lowest BCUT2D eigenvalue weighted by atomic mass is 9.99. The first-order valence-corrected chi connectivity index (χ1v) is 15.6. The molecule has 2 aliphatic heterocycles. The SMILES string of the molecule is CCC(NC(=O)CCCCc1ccc2c(n1)NCCC2)[C@@H](NC(=O)C1CN(S(=O)(=O)c2cccc(C)c2)C1)C(=O)O. The molecule has 3 heterocycles. The number of hydrogen-bond acceptors (Lipinski definition) is 7. The van der Waals surface area contributed by atoms with E-state index >= 15 is 0 Å². The Morgan fingerprint density at radius 1 is 1.15 bits per heavy atom. The molecule has 4 rings (SSSR count). The first-order valence-electron chi connectivity index (χ1n) is 14.2. The van der Waals surface area contributed by atoms with Gasteiger partial charge < -0.3 is 21.1 Å². The summed E-state index contributed by atoms with van der Waals surface area (Å²) in [7, 11) is -3.73. The molecule has 4 N–H and O–H groups in total. The van der Waals surface area contributed by atoms with Crippen LogP contribution in [0.4, 0.5) is 5.82 Å². The first kappa shape index (κ1) is 30.4. The van der Waals surface area contributed by atoms with Crippen molar-refractivity contribution in [2.45, 2.75) is 75.8 Å². The van der Waals surface area contributed by atoms with Crippen LogP contribution in [0.15, 0.2) is 41.3 Å². The predicted molar refractivity (Wildman–Crippen MR) is 154 cm³/mol. The van der Waals surface area contributed by atoms with Crippen molar-refractivity contribution in [3.63, 3.8) is 0 Å². The molecule has 0 spiro atoms. The smallest absolute Gasteiger partial charge is 0.328 e. The first-order chi connectivity index (χ1) is 19.6. The molecule has 1 fully saturated rings. The molecule has 11 nitrogen and oxygen atoms in total. The predicted octanol–water partition coefficient (Wildman–Crippen LogP) is 2.25. The standard InChI is InChI=1S/C29H39N5O6S/c1-3-24(32-25(35)12-5-4-10-22-14-13-20-9-7-15-30-27(20)31-22)26(29(37)38)33-28(36)21-17-34(18-21)41(39,40)23-11-6-8-19(2)16-23/h6,8,11,13-14,16,21,24,26H,3-5,7,9-10,12,15,17-18H2,1-2H3,(H,30,31)(H,32,35)(H,33,36)(H,37,38)/t24?,26-/m1/s1. The number of nitrogens with one attached hydrogen (secondary N) is 3. The van der Waals surface area contributed by atoms with Gasteiger partial charge in [0.2, 0.25) is 21.8 Å². The zero-order chi connectivity index (χ0) is 29.6. The van der Waals surface area contributed by atoms with Gasteiger partial charge in [0, 0.05) is 31.7 Å². The fraction of sp³-hybridized carbons (Fsp3) is 0.517. The van der Waals surface area contributed by atoms with Gasteiger partial charge in [-0.25, -0.2) is 18.2 Å². The number of benzene rings is 1. The minimum absolute atomic E-state index is 0.0350. The highest BCUT2D eigenvalue weighted by Gasteiger charge is 2.42. The number of sulfonamides is 1. The fourth-order valence-electron chi connectivity index (χ4n) is 5.13. The molecule has 12 heteroatoms. The van der Waals surface area contributed by atoms with Crippen LogP contribution in [0.2, 0.25) is 0 Å². The zero-order valence-corrected chi connectivity index (χ0v) is 24.4. The topological polar surface area (TPSA) is 158 Å². The third-order valence-electron chi connectivity index (χ3n) is 7.64. The molecule has 0 bridgehead atoms. The number of carboxylic acids is 1. The molecule has 1 aromatic carbocycles. The number of aliphatic carboxylic acids is 1. The van der Waals surface area contributed by atoms with Crippen LogP contribution in [0.1, 0.15) is 55.8 Å². The Morgan fingerprint density at radius 2 is 1.93 bits per heavy atom. The van der Waals surface area contributed by atoms with Crippen molar-refractivity contribution in [3.8, 4) is 0 Å².